The summed E-state index contributed by atoms with van der Waals surface area (Å²) in [5.74, 6) is 0.512. The minimum absolute atomic E-state index is 0.512. The molecular formula is C8H9N3S. The van der Waals surface area contributed by atoms with Gasteiger partial charge in [0.25, 0.3) is 0 Å². The van der Waals surface area contributed by atoms with Gasteiger partial charge in [-0.15, -0.1) is 5.10 Å². The second kappa shape index (κ2) is 2.79. The first-order chi connectivity index (χ1) is 5.79. The van der Waals surface area contributed by atoms with Gasteiger partial charge < -0.3 is 0 Å². The average molecular weight is 179 g/mol. The highest BCUT2D eigenvalue weighted by Crippen LogP contribution is 2.24. The lowest BCUT2D eigenvalue weighted by molar-refractivity contribution is 0.875. The molecule has 0 amide bonds. The van der Waals surface area contributed by atoms with Crippen molar-refractivity contribution in [3.05, 3.63) is 17.8 Å². The third-order valence-electron chi connectivity index (χ3n) is 1.81. The van der Waals surface area contributed by atoms with Gasteiger partial charge in [-0.25, -0.2) is 4.98 Å². The number of fused-ring (bicyclic) bond motifs is 1. The Morgan fingerprint density at radius 2 is 2.25 bits per heavy atom. The van der Waals surface area contributed by atoms with Crippen LogP contribution in [0.15, 0.2) is 12.3 Å². The number of nitrogens with zero attached hydrogens (tertiary/aromatic N) is 3. The molecule has 0 aliphatic rings. The molecule has 4 heteroatoms. The van der Waals surface area contributed by atoms with Crippen LogP contribution in [0.1, 0.15) is 25.3 Å². The highest BCUT2D eigenvalue weighted by atomic mass is 32.1. The van der Waals surface area contributed by atoms with Crippen molar-refractivity contribution in [2.45, 2.75) is 19.8 Å². The van der Waals surface area contributed by atoms with Gasteiger partial charge in [-0.3, -0.25) is 0 Å². The SMILES string of the molecule is CC(C)c1ccnc2nnsc12. The molecule has 12 heavy (non-hydrogen) atoms. The zero-order chi connectivity index (χ0) is 8.55. The van der Waals surface area contributed by atoms with Crippen molar-refractivity contribution in [3.8, 4) is 0 Å². The molecule has 0 saturated heterocycles. The zero-order valence-electron chi connectivity index (χ0n) is 6.98. The van der Waals surface area contributed by atoms with Crippen LogP contribution in [-0.4, -0.2) is 14.6 Å². The zero-order valence-corrected chi connectivity index (χ0v) is 7.80. The maximum Gasteiger partial charge on any atom is 0.194 e. The molecule has 0 bridgehead atoms. The quantitative estimate of drug-likeness (QED) is 0.673. The summed E-state index contributed by atoms with van der Waals surface area (Å²) in [5, 5.41) is 3.92. The minimum atomic E-state index is 0.512. The van der Waals surface area contributed by atoms with Crippen LogP contribution >= 0.6 is 11.5 Å². The van der Waals surface area contributed by atoms with Gasteiger partial charge >= 0.3 is 0 Å². The first-order valence-corrected chi connectivity index (χ1v) is 4.63. The van der Waals surface area contributed by atoms with Crippen molar-refractivity contribution in [1.29, 1.82) is 0 Å². The first-order valence-electron chi connectivity index (χ1n) is 3.86. The van der Waals surface area contributed by atoms with E-state index in [1.807, 2.05) is 6.07 Å². The van der Waals surface area contributed by atoms with Crippen LogP contribution in [0.4, 0.5) is 0 Å². The fraction of sp³-hybridized carbons (Fsp3) is 0.375. The number of rotatable bonds is 1. The van der Waals surface area contributed by atoms with Crippen molar-refractivity contribution >= 4 is 21.9 Å². The third-order valence-corrected chi connectivity index (χ3v) is 2.57. The van der Waals surface area contributed by atoms with Gasteiger partial charge in [0.1, 0.15) is 0 Å². The fourth-order valence-electron chi connectivity index (χ4n) is 1.17. The molecule has 0 fully saturated rings. The van der Waals surface area contributed by atoms with Gasteiger partial charge in [0.2, 0.25) is 0 Å². The second-order valence-electron chi connectivity index (χ2n) is 2.98. The molecule has 0 unspecified atom stereocenters. The lowest BCUT2D eigenvalue weighted by Crippen LogP contribution is -1.88. The monoisotopic (exact) mass is 179 g/mol. The van der Waals surface area contributed by atoms with Crippen molar-refractivity contribution in [3.63, 3.8) is 0 Å². The Kier molecular flexibility index (Phi) is 1.77. The number of aromatic nitrogens is 3. The van der Waals surface area contributed by atoms with Crippen LogP contribution < -0.4 is 0 Å². The topological polar surface area (TPSA) is 38.7 Å². The van der Waals surface area contributed by atoms with E-state index in [4.69, 9.17) is 0 Å². The molecule has 0 N–H and O–H groups in total. The molecule has 3 nitrogen and oxygen atoms in total. The smallest absolute Gasteiger partial charge is 0.194 e. The molecule has 2 heterocycles. The Hall–Kier alpha value is -1.03. The average Bonchev–Trinajstić information content (AvgIpc) is 2.49. The van der Waals surface area contributed by atoms with Crippen LogP contribution in [0.2, 0.25) is 0 Å². The van der Waals surface area contributed by atoms with Crippen molar-refractivity contribution in [2.75, 3.05) is 0 Å². The van der Waals surface area contributed by atoms with Gasteiger partial charge in [0, 0.05) is 6.20 Å². The van der Waals surface area contributed by atoms with E-state index >= 15 is 0 Å². The van der Waals surface area contributed by atoms with Crippen LogP contribution in [0.25, 0.3) is 10.3 Å². The van der Waals surface area contributed by atoms with E-state index in [1.54, 1.807) is 6.20 Å². The first kappa shape index (κ1) is 7.61. The summed E-state index contributed by atoms with van der Waals surface area (Å²) >= 11 is 1.42. The van der Waals surface area contributed by atoms with Crippen molar-refractivity contribution in [2.24, 2.45) is 0 Å². The van der Waals surface area contributed by atoms with Crippen LogP contribution in [-0.2, 0) is 0 Å². The van der Waals surface area contributed by atoms with E-state index in [0.717, 1.165) is 10.3 Å². The Balaban J connectivity index is 2.73. The lowest BCUT2D eigenvalue weighted by atomic mass is 10.1. The van der Waals surface area contributed by atoms with E-state index in [2.05, 4.69) is 28.4 Å². The Morgan fingerprint density at radius 1 is 1.42 bits per heavy atom. The molecule has 62 valence electrons. The molecule has 0 saturated carbocycles. The van der Waals surface area contributed by atoms with Gasteiger partial charge in [-0.2, -0.15) is 0 Å². The predicted octanol–water partition coefficient (Wildman–Crippen LogP) is 2.21. The molecule has 0 aliphatic heterocycles. The molecule has 0 aromatic carbocycles. The Bertz CT molecular complexity index is 394. The molecule has 0 atom stereocenters. The van der Waals surface area contributed by atoms with E-state index in [9.17, 15) is 0 Å². The second-order valence-corrected chi connectivity index (χ2v) is 3.73. The van der Waals surface area contributed by atoms with Crippen LogP contribution in [0, 0.1) is 0 Å². The summed E-state index contributed by atoms with van der Waals surface area (Å²) < 4.78 is 4.99. The Labute approximate surface area is 74.6 Å². The molecule has 0 spiro atoms. The molecule has 0 radical (unpaired) electrons. The largest absolute Gasteiger partial charge is 0.234 e. The summed E-state index contributed by atoms with van der Waals surface area (Å²) in [6.07, 6.45) is 1.79. The van der Waals surface area contributed by atoms with Gasteiger partial charge in [0.05, 0.1) is 4.70 Å². The summed E-state index contributed by atoms with van der Waals surface area (Å²) in [5.41, 5.74) is 2.06. The summed E-state index contributed by atoms with van der Waals surface area (Å²) in [6, 6.07) is 2.03. The van der Waals surface area contributed by atoms with E-state index in [-0.39, 0.29) is 0 Å². The number of pyridine rings is 1. The maximum atomic E-state index is 4.12. The molecule has 2 aromatic rings. The number of hydrogen-bond acceptors (Lipinski definition) is 4. The molecule has 2 rings (SSSR count). The van der Waals surface area contributed by atoms with Crippen molar-refractivity contribution in [1.82, 2.24) is 14.6 Å². The Morgan fingerprint density at radius 3 is 3.00 bits per heavy atom. The number of hydrogen-bond donors (Lipinski definition) is 0. The maximum absolute atomic E-state index is 4.12. The lowest BCUT2D eigenvalue weighted by Gasteiger charge is -2.03. The fourth-order valence-corrected chi connectivity index (χ4v) is 1.96. The van der Waals surface area contributed by atoms with Gasteiger partial charge in [-0.05, 0) is 29.1 Å². The van der Waals surface area contributed by atoms with E-state index < -0.39 is 0 Å². The summed E-state index contributed by atoms with van der Waals surface area (Å²) in [4.78, 5) is 4.12. The molecule has 2 aromatic heterocycles. The predicted molar refractivity (Wildman–Crippen MR) is 49.3 cm³/mol. The van der Waals surface area contributed by atoms with Crippen LogP contribution in [0.3, 0.4) is 0 Å². The molecular weight excluding hydrogens is 170 g/mol. The van der Waals surface area contributed by atoms with Crippen LogP contribution in [0.5, 0.6) is 0 Å². The standard InChI is InChI=1S/C8H9N3S/c1-5(2)6-3-4-9-8-7(6)12-11-10-8/h3-5H,1-2H3. The highest BCUT2D eigenvalue weighted by Gasteiger charge is 2.07. The van der Waals surface area contributed by atoms with E-state index in [0.29, 0.717) is 5.92 Å². The highest BCUT2D eigenvalue weighted by molar-refractivity contribution is 7.13. The summed E-state index contributed by atoms with van der Waals surface area (Å²) in [7, 11) is 0. The minimum Gasteiger partial charge on any atom is -0.234 e. The third kappa shape index (κ3) is 1.08. The van der Waals surface area contributed by atoms with Gasteiger partial charge in [-0.1, -0.05) is 18.3 Å². The van der Waals surface area contributed by atoms with E-state index in [1.165, 1.54) is 17.1 Å². The molecule has 0 aliphatic carbocycles. The van der Waals surface area contributed by atoms with Crippen molar-refractivity contribution < 1.29 is 0 Å². The van der Waals surface area contributed by atoms with Gasteiger partial charge in [0.15, 0.2) is 5.65 Å². The normalized spacial score (nSPS) is 11.2. The summed E-state index contributed by atoms with van der Waals surface area (Å²) in [6.45, 7) is 4.32.